The van der Waals surface area contributed by atoms with Crippen molar-refractivity contribution in [1.82, 2.24) is 30.0 Å². The van der Waals surface area contributed by atoms with Gasteiger partial charge in [0.25, 0.3) is 0 Å². The summed E-state index contributed by atoms with van der Waals surface area (Å²) in [7, 11) is 0. The topological polar surface area (TPSA) is 133 Å². The number of anilines is 2. The number of halogens is 3. The fraction of sp³-hybridized carbons (Fsp3) is 0.182. The van der Waals surface area contributed by atoms with Gasteiger partial charge in [0.1, 0.15) is 0 Å². The molecule has 0 saturated heterocycles. The first-order valence-corrected chi connectivity index (χ1v) is 6.78. The minimum atomic E-state index is 0. The molecule has 0 atom stereocenters. The molecule has 23 heavy (non-hydrogen) atoms. The van der Waals surface area contributed by atoms with Crippen molar-refractivity contribution in [3.8, 4) is 0 Å². The van der Waals surface area contributed by atoms with Gasteiger partial charge in [0.05, 0.1) is 0 Å². The van der Waals surface area contributed by atoms with Gasteiger partial charge < -0.3 is 11.2 Å². The van der Waals surface area contributed by atoms with Gasteiger partial charge in [0.2, 0.25) is 5.95 Å². The zero-order chi connectivity index (χ0) is 16.3. The van der Waals surface area contributed by atoms with Crippen LogP contribution in [0, 0.1) is 13.8 Å². The Labute approximate surface area is 152 Å². The molecule has 0 saturated carbocycles. The van der Waals surface area contributed by atoms with E-state index in [0.717, 1.165) is 11.1 Å². The molecule has 0 amide bonds. The summed E-state index contributed by atoms with van der Waals surface area (Å²) in [4.78, 5) is 0. The molecule has 0 radical (unpaired) electrons. The highest BCUT2D eigenvalue weighted by Crippen LogP contribution is 2.14. The molecule has 9 nitrogen and oxygen atoms in total. The number of nitrogens with zero attached hydrogens (tertiary/aromatic N) is 6. The number of rotatable bonds is 1. The molecule has 0 aliphatic carbocycles. The summed E-state index contributed by atoms with van der Waals surface area (Å²) in [6.45, 7) is 3.68. The lowest BCUT2D eigenvalue weighted by molar-refractivity contribution is 0.932. The first-order valence-electron chi connectivity index (χ1n) is 6.03. The van der Waals surface area contributed by atoms with Gasteiger partial charge in [-0.25, -0.2) is 5.84 Å². The van der Waals surface area contributed by atoms with Crippen LogP contribution >= 0.6 is 40.2 Å². The fourth-order valence-corrected chi connectivity index (χ4v) is 1.68. The molecule has 3 aromatic heterocycles. The molecule has 0 aliphatic heterocycles. The highest BCUT2D eigenvalue weighted by molar-refractivity contribution is 8.93. The summed E-state index contributed by atoms with van der Waals surface area (Å²) < 4.78 is 1.40. The first kappa shape index (κ1) is 19.3. The van der Waals surface area contributed by atoms with Crippen molar-refractivity contribution in [2.45, 2.75) is 13.8 Å². The van der Waals surface area contributed by atoms with E-state index in [-0.39, 0.29) is 22.9 Å². The molecule has 0 aromatic carbocycles. The maximum atomic E-state index is 5.77. The molecular weight excluding hydrogens is 409 g/mol. The highest BCUT2D eigenvalue weighted by atomic mass is 79.9. The average molecular weight is 423 g/mol. The van der Waals surface area contributed by atoms with Crippen LogP contribution in [0.4, 0.5) is 11.8 Å². The summed E-state index contributed by atoms with van der Waals surface area (Å²) in [6, 6.07) is 3.49. The molecule has 12 heteroatoms. The minimum Gasteiger partial charge on any atom is -0.366 e. The van der Waals surface area contributed by atoms with Gasteiger partial charge in [0.15, 0.2) is 21.8 Å². The Morgan fingerprint density at radius 2 is 1.65 bits per heavy atom. The van der Waals surface area contributed by atoms with E-state index in [9.17, 15) is 0 Å². The number of nitrogens with one attached hydrogen (secondary N) is 1. The third-order valence-corrected chi connectivity index (χ3v) is 3.37. The summed E-state index contributed by atoms with van der Waals surface area (Å²) >= 11 is 11.4. The Kier molecular flexibility index (Phi) is 6.88. The van der Waals surface area contributed by atoms with Crippen molar-refractivity contribution in [3.05, 3.63) is 33.6 Å². The van der Waals surface area contributed by atoms with E-state index < -0.39 is 0 Å². The van der Waals surface area contributed by atoms with Crippen LogP contribution in [0.25, 0.3) is 5.65 Å². The zero-order valence-corrected chi connectivity index (χ0v) is 15.4. The van der Waals surface area contributed by atoms with Crippen molar-refractivity contribution in [3.63, 3.8) is 0 Å². The monoisotopic (exact) mass is 421 g/mol. The van der Waals surface area contributed by atoms with E-state index in [0.29, 0.717) is 21.8 Å². The van der Waals surface area contributed by atoms with E-state index in [2.05, 4.69) is 30.9 Å². The predicted octanol–water partition coefficient (Wildman–Crippen LogP) is 1.97. The van der Waals surface area contributed by atoms with Crippen LogP contribution in [0.5, 0.6) is 0 Å². The number of hydrazine groups is 1. The SMILES string of the molecule is Br.Cc1cc(NN)nnc1Cl.Cc1cc2nnc(N)n2nc1Cl. The lowest BCUT2D eigenvalue weighted by Gasteiger charge is -1.98. The third kappa shape index (κ3) is 4.61. The van der Waals surface area contributed by atoms with E-state index in [1.165, 1.54) is 4.52 Å². The van der Waals surface area contributed by atoms with Crippen molar-refractivity contribution in [2.75, 3.05) is 11.2 Å². The number of nitrogen functional groups attached to an aromatic ring is 2. The van der Waals surface area contributed by atoms with Crippen LogP contribution in [0.2, 0.25) is 10.3 Å². The van der Waals surface area contributed by atoms with E-state index in [1.54, 1.807) is 12.1 Å². The first-order chi connectivity index (χ1) is 10.4. The maximum absolute atomic E-state index is 5.77. The number of nitrogens with two attached hydrogens (primary N) is 2. The molecule has 0 bridgehead atoms. The van der Waals surface area contributed by atoms with Crippen LogP contribution in [-0.2, 0) is 0 Å². The Bertz CT molecular complexity index is 808. The zero-order valence-electron chi connectivity index (χ0n) is 12.2. The van der Waals surface area contributed by atoms with Crippen LogP contribution in [-0.4, -0.2) is 30.0 Å². The minimum absolute atomic E-state index is 0. The lowest BCUT2D eigenvalue weighted by atomic mass is 10.3. The second-order valence-corrected chi connectivity index (χ2v) is 5.01. The van der Waals surface area contributed by atoms with Crippen molar-refractivity contribution in [2.24, 2.45) is 5.84 Å². The van der Waals surface area contributed by atoms with Crippen LogP contribution < -0.4 is 17.0 Å². The molecule has 5 N–H and O–H groups in total. The standard InChI is InChI=1S/C6H6ClN5.C5H7ClN4.BrH/c1-3-2-4-9-10-6(8)12(4)11-5(3)7;1-3-2-4(8-7)9-10-5(3)6;/h2H,1H3,(H2,8,10);2H,7H2,1H3,(H,8,9);1H. The van der Waals surface area contributed by atoms with E-state index in [1.807, 2.05) is 13.8 Å². The van der Waals surface area contributed by atoms with E-state index >= 15 is 0 Å². The number of hydrogen-bond acceptors (Lipinski definition) is 8. The molecular formula is C11H14BrCl2N9. The van der Waals surface area contributed by atoms with Crippen molar-refractivity contribution < 1.29 is 0 Å². The molecule has 124 valence electrons. The van der Waals surface area contributed by atoms with Gasteiger partial charge in [-0.15, -0.1) is 37.4 Å². The molecule has 0 spiro atoms. The van der Waals surface area contributed by atoms with Crippen LogP contribution in [0.1, 0.15) is 11.1 Å². The van der Waals surface area contributed by atoms with Gasteiger partial charge in [-0.05, 0) is 37.1 Å². The van der Waals surface area contributed by atoms with Crippen LogP contribution in [0.3, 0.4) is 0 Å². The Hall–Kier alpha value is -1.75. The smallest absolute Gasteiger partial charge is 0.243 e. The Morgan fingerprint density at radius 3 is 2.26 bits per heavy atom. The van der Waals surface area contributed by atoms with E-state index in [4.69, 9.17) is 34.8 Å². The van der Waals surface area contributed by atoms with Gasteiger partial charge in [-0.3, -0.25) is 0 Å². The second kappa shape index (κ2) is 8.20. The molecule has 3 aromatic rings. The predicted molar refractivity (Wildman–Crippen MR) is 94.9 cm³/mol. The average Bonchev–Trinajstić information content (AvgIpc) is 2.84. The third-order valence-electron chi connectivity index (χ3n) is 2.62. The molecule has 3 heterocycles. The van der Waals surface area contributed by atoms with Crippen molar-refractivity contribution in [1.29, 1.82) is 0 Å². The largest absolute Gasteiger partial charge is 0.366 e. The quantitative estimate of drug-likeness (QED) is 0.400. The molecule has 0 aliphatic rings. The van der Waals surface area contributed by atoms with Gasteiger partial charge >= 0.3 is 0 Å². The Balaban J connectivity index is 0.000000224. The maximum Gasteiger partial charge on any atom is 0.243 e. The Morgan fingerprint density at radius 1 is 1.00 bits per heavy atom. The fourth-order valence-electron chi connectivity index (χ4n) is 1.46. The number of aryl methyl sites for hydroxylation is 2. The number of aromatic nitrogens is 6. The van der Waals surface area contributed by atoms with Crippen molar-refractivity contribution >= 4 is 57.6 Å². The number of fused-ring (bicyclic) bond motifs is 1. The van der Waals surface area contributed by atoms with Crippen LogP contribution in [0.15, 0.2) is 12.1 Å². The molecule has 0 unspecified atom stereocenters. The lowest BCUT2D eigenvalue weighted by Crippen LogP contribution is -2.09. The summed E-state index contributed by atoms with van der Waals surface area (Å²) in [5.74, 6) is 5.83. The van der Waals surface area contributed by atoms with Gasteiger partial charge in [-0.2, -0.15) is 9.61 Å². The summed E-state index contributed by atoms with van der Waals surface area (Å²) in [5, 5.41) is 19.5. The van der Waals surface area contributed by atoms with Gasteiger partial charge in [-0.1, -0.05) is 23.2 Å². The molecule has 0 fully saturated rings. The highest BCUT2D eigenvalue weighted by Gasteiger charge is 2.05. The number of hydrogen-bond donors (Lipinski definition) is 3. The summed E-state index contributed by atoms with van der Waals surface area (Å²) in [6.07, 6.45) is 0. The van der Waals surface area contributed by atoms with Gasteiger partial charge in [0, 0.05) is 0 Å². The molecule has 3 rings (SSSR count). The normalized spacial score (nSPS) is 9.78. The summed E-state index contributed by atoms with van der Waals surface area (Å²) in [5.41, 5.74) is 10.1. The second-order valence-electron chi connectivity index (χ2n) is 4.29.